The van der Waals surface area contributed by atoms with Gasteiger partial charge >= 0.3 is 18.1 Å². The number of carbonyl (C=O) groups excluding carboxylic acids is 2. The normalized spacial score (nSPS) is 26.2. The molecule has 3 unspecified atom stereocenters. The third-order valence-electron chi connectivity index (χ3n) is 6.07. The van der Waals surface area contributed by atoms with E-state index >= 15 is 0 Å². The van der Waals surface area contributed by atoms with Crippen molar-refractivity contribution in [1.82, 2.24) is 0 Å². The van der Waals surface area contributed by atoms with Crippen LogP contribution in [-0.4, -0.2) is 24.1 Å². The Balaban J connectivity index is 1.79. The van der Waals surface area contributed by atoms with Crippen LogP contribution in [0.2, 0.25) is 10.0 Å². The van der Waals surface area contributed by atoms with Gasteiger partial charge in [-0.25, -0.2) is 4.79 Å². The highest BCUT2D eigenvalue weighted by molar-refractivity contribution is 6.36. The molecule has 2 saturated carbocycles. The van der Waals surface area contributed by atoms with E-state index in [1.165, 1.54) is 0 Å². The van der Waals surface area contributed by atoms with Gasteiger partial charge in [0.25, 0.3) is 0 Å². The Hall–Kier alpha value is -1.47. The molecule has 0 N–H and O–H groups in total. The second kappa shape index (κ2) is 8.95. The van der Waals surface area contributed by atoms with Gasteiger partial charge in [0.2, 0.25) is 5.60 Å². The number of benzene rings is 1. The van der Waals surface area contributed by atoms with Gasteiger partial charge < -0.3 is 9.47 Å². The maximum Gasteiger partial charge on any atom is 0.416 e. The number of halogens is 5. The van der Waals surface area contributed by atoms with E-state index in [0.717, 1.165) is 37.8 Å². The van der Waals surface area contributed by atoms with E-state index in [4.69, 9.17) is 32.7 Å². The molecule has 0 radical (unpaired) electrons. The van der Waals surface area contributed by atoms with E-state index in [-0.39, 0.29) is 28.1 Å². The smallest absolute Gasteiger partial charge is 0.416 e. The van der Waals surface area contributed by atoms with Gasteiger partial charge in [0.15, 0.2) is 0 Å². The standard InChI is InChI=1S/C21H23Cl2F3O4/c1-2-29-19(28)20(7-6-12-4-3-5-13(12)11-20)30-18(27)10-15-16(22)8-14(9-17(15)23)21(24,25)26/h8-9,12-13H,2-7,10-11H2,1H3. The van der Waals surface area contributed by atoms with E-state index in [0.29, 0.717) is 18.8 Å². The highest BCUT2D eigenvalue weighted by Crippen LogP contribution is 2.48. The number of ether oxygens (including phenoxy) is 2. The van der Waals surface area contributed by atoms with Gasteiger partial charge in [-0.1, -0.05) is 42.5 Å². The predicted octanol–water partition coefficient (Wildman–Crippen LogP) is 6.00. The Morgan fingerprint density at radius 3 is 2.37 bits per heavy atom. The zero-order valence-corrected chi connectivity index (χ0v) is 18.0. The molecule has 2 aliphatic rings. The number of carbonyl (C=O) groups is 2. The summed E-state index contributed by atoms with van der Waals surface area (Å²) < 4.78 is 49.6. The van der Waals surface area contributed by atoms with Crippen LogP contribution < -0.4 is 0 Å². The van der Waals surface area contributed by atoms with Gasteiger partial charge in [0.05, 0.1) is 18.6 Å². The van der Waals surface area contributed by atoms with E-state index in [9.17, 15) is 22.8 Å². The quantitative estimate of drug-likeness (QED) is 0.499. The molecule has 166 valence electrons. The lowest BCUT2D eigenvalue weighted by Crippen LogP contribution is -2.49. The molecule has 0 amide bonds. The second-order valence-corrected chi connectivity index (χ2v) is 8.79. The van der Waals surface area contributed by atoms with E-state index in [1.807, 2.05) is 0 Å². The van der Waals surface area contributed by atoms with E-state index in [1.54, 1.807) is 6.92 Å². The van der Waals surface area contributed by atoms with Crippen LogP contribution >= 0.6 is 23.2 Å². The molecule has 2 fully saturated rings. The molecule has 1 aromatic rings. The fourth-order valence-corrected chi connectivity index (χ4v) is 5.24. The molecule has 30 heavy (non-hydrogen) atoms. The molecule has 0 aromatic heterocycles. The third kappa shape index (κ3) is 4.88. The van der Waals surface area contributed by atoms with Crippen molar-refractivity contribution in [2.24, 2.45) is 11.8 Å². The van der Waals surface area contributed by atoms with E-state index < -0.39 is 35.7 Å². The van der Waals surface area contributed by atoms with Crippen molar-refractivity contribution in [2.45, 2.75) is 63.6 Å². The molecule has 0 heterocycles. The minimum atomic E-state index is -4.61. The second-order valence-electron chi connectivity index (χ2n) is 7.98. The van der Waals surface area contributed by atoms with Crippen LogP contribution in [0.3, 0.4) is 0 Å². The molecule has 3 rings (SSSR count). The highest BCUT2D eigenvalue weighted by atomic mass is 35.5. The summed E-state index contributed by atoms with van der Waals surface area (Å²) in [5.74, 6) is -0.546. The summed E-state index contributed by atoms with van der Waals surface area (Å²) in [6.45, 7) is 1.83. The fraction of sp³-hybridized carbons (Fsp3) is 0.619. The molecule has 0 aliphatic heterocycles. The number of rotatable bonds is 5. The SMILES string of the molecule is CCOC(=O)C1(OC(=O)Cc2c(Cl)cc(C(F)(F)F)cc2Cl)CCC2CCCC2C1. The first-order valence-electron chi connectivity index (χ1n) is 10.00. The van der Waals surface area contributed by atoms with Gasteiger partial charge in [0.1, 0.15) is 0 Å². The maximum absolute atomic E-state index is 12.9. The molecular formula is C21H23Cl2F3O4. The zero-order valence-electron chi connectivity index (χ0n) is 16.5. The lowest BCUT2D eigenvalue weighted by atomic mass is 9.73. The molecule has 0 spiro atoms. The Kier molecular flexibility index (Phi) is 6.92. The minimum Gasteiger partial charge on any atom is -0.463 e. The van der Waals surface area contributed by atoms with Gasteiger partial charge in [-0.2, -0.15) is 13.2 Å². The van der Waals surface area contributed by atoms with Gasteiger partial charge in [0, 0.05) is 22.0 Å². The molecular weight excluding hydrogens is 444 g/mol. The Morgan fingerprint density at radius 2 is 1.77 bits per heavy atom. The third-order valence-corrected chi connectivity index (χ3v) is 6.75. The van der Waals surface area contributed by atoms with Crippen molar-refractivity contribution in [2.75, 3.05) is 6.61 Å². The van der Waals surface area contributed by atoms with Gasteiger partial charge in [-0.3, -0.25) is 4.79 Å². The minimum absolute atomic E-state index is 0.0323. The summed E-state index contributed by atoms with van der Waals surface area (Å²) in [5.41, 5.74) is -2.34. The number of fused-ring (bicyclic) bond motifs is 1. The lowest BCUT2D eigenvalue weighted by Gasteiger charge is -2.39. The first-order chi connectivity index (χ1) is 14.1. The molecule has 1 aromatic carbocycles. The van der Waals surface area contributed by atoms with E-state index in [2.05, 4.69) is 0 Å². The van der Waals surface area contributed by atoms with Crippen LogP contribution in [0.15, 0.2) is 12.1 Å². The number of esters is 2. The number of hydrogen-bond donors (Lipinski definition) is 0. The summed E-state index contributed by atoms with van der Waals surface area (Å²) in [6, 6.07) is 1.45. The van der Waals surface area contributed by atoms with Crippen molar-refractivity contribution >= 4 is 35.1 Å². The van der Waals surface area contributed by atoms with Crippen molar-refractivity contribution in [3.8, 4) is 0 Å². The van der Waals surface area contributed by atoms with Crippen LogP contribution in [0.25, 0.3) is 0 Å². The number of hydrogen-bond acceptors (Lipinski definition) is 4. The molecule has 3 atom stereocenters. The molecule has 9 heteroatoms. The molecule has 4 nitrogen and oxygen atoms in total. The first-order valence-corrected chi connectivity index (χ1v) is 10.8. The van der Waals surface area contributed by atoms with Crippen LogP contribution in [0.1, 0.15) is 56.6 Å². The highest BCUT2D eigenvalue weighted by Gasteiger charge is 2.51. The van der Waals surface area contributed by atoms with Crippen molar-refractivity contribution < 1.29 is 32.2 Å². The average molecular weight is 467 g/mol. The molecule has 0 saturated heterocycles. The van der Waals surface area contributed by atoms with Crippen LogP contribution in [0.4, 0.5) is 13.2 Å². The predicted molar refractivity (Wildman–Crippen MR) is 105 cm³/mol. The van der Waals surface area contributed by atoms with Crippen LogP contribution in [-0.2, 0) is 31.7 Å². The van der Waals surface area contributed by atoms with Gasteiger partial charge in [-0.05, 0) is 43.7 Å². The maximum atomic E-state index is 12.9. The Bertz CT molecular complexity index is 804. The monoisotopic (exact) mass is 466 g/mol. The molecule has 0 bridgehead atoms. The summed E-state index contributed by atoms with van der Waals surface area (Å²) in [7, 11) is 0. The fourth-order valence-electron chi connectivity index (χ4n) is 4.62. The lowest BCUT2D eigenvalue weighted by molar-refractivity contribution is -0.189. The topological polar surface area (TPSA) is 52.6 Å². The van der Waals surface area contributed by atoms with Gasteiger partial charge in [-0.15, -0.1) is 0 Å². The van der Waals surface area contributed by atoms with Crippen molar-refractivity contribution in [3.63, 3.8) is 0 Å². The summed E-state index contributed by atoms with van der Waals surface area (Å²) in [6.07, 6.45) is -0.360. The largest absolute Gasteiger partial charge is 0.463 e. The first kappa shape index (κ1) is 23.2. The zero-order chi connectivity index (χ0) is 22.1. The average Bonchev–Trinajstić information content (AvgIpc) is 3.11. The summed E-state index contributed by atoms with van der Waals surface area (Å²) >= 11 is 11.9. The Labute approximate surface area is 183 Å². The number of alkyl halides is 3. The summed E-state index contributed by atoms with van der Waals surface area (Å²) in [4.78, 5) is 25.4. The van der Waals surface area contributed by atoms with Crippen molar-refractivity contribution in [1.29, 1.82) is 0 Å². The summed E-state index contributed by atoms with van der Waals surface area (Å²) in [5, 5.41) is -0.562. The van der Waals surface area contributed by atoms with Crippen molar-refractivity contribution in [3.05, 3.63) is 33.3 Å². The van der Waals surface area contributed by atoms with Crippen LogP contribution in [0, 0.1) is 11.8 Å². The Morgan fingerprint density at radius 1 is 1.13 bits per heavy atom. The van der Waals surface area contributed by atoms with Crippen LogP contribution in [0.5, 0.6) is 0 Å². The molecule has 2 aliphatic carbocycles.